The maximum Gasteiger partial charge on any atom is 0.357 e. The molecule has 0 radical (unpaired) electrons. The minimum atomic E-state index is -3.44. The highest BCUT2D eigenvalue weighted by atomic mass is 35.5. The standard InChI is InChI=1S/C19H25ClNO3P/c1-3-14-23-25(22,24-15-4-2)19(16-10-6-5-7-11-16)21-18-13-9-8-12-17(18)20/h5-13,19,21H,3-4,14-15H2,1-2H3/t19-/m0/s1. The Kier molecular flexibility index (Phi) is 7.98. The average Bonchev–Trinajstić information content (AvgIpc) is 2.65. The zero-order chi connectivity index (χ0) is 18.1. The lowest BCUT2D eigenvalue weighted by atomic mass is 10.2. The van der Waals surface area contributed by atoms with Gasteiger partial charge in [0.15, 0.2) is 5.78 Å². The number of hydrogen-bond donors (Lipinski definition) is 1. The maximum atomic E-state index is 13.6. The molecule has 0 fully saturated rings. The van der Waals surface area contributed by atoms with Crippen LogP contribution >= 0.6 is 19.2 Å². The van der Waals surface area contributed by atoms with Crippen LogP contribution in [0.25, 0.3) is 0 Å². The van der Waals surface area contributed by atoms with Crippen molar-refractivity contribution in [1.29, 1.82) is 0 Å². The van der Waals surface area contributed by atoms with Crippen molar-refractivity contribution in [3.63, 3.8) is 0 Å². The Hall–Kier alpha value is -1.32. The third kappa shape index (κ3) is 5.58. The zero-order valence-corrected chi connectivity index (χ0v) is 16.3. The first-order chi connectivity index (χ1) is 12.1. The van der Waals surface area contributed by atoms with Crippen molar-refractivity contribution in [2.24, 2.45) is 0 Å². The van der Waals surface area contributed by atoms with Crippen molar-refractivity contribution in [3.8, 4) is 0 Å². The molecular weight excluding hydrogens is 357 g/mol. The van der Waals surface area contributed by atoms with E-state index in [1.165, 1.54) is 0 Å². The van der Waals surface area contributed by atoms with Gasteiger partial charge in [0, 0.05) is 0 Å². The zero-order valence-electron chi connectivity index (χ0n) is 14.7. The molecule has 25 heavy (non-hydrogen) atoms. The van der Waals surface area contributed by atoms with Crippen LogP contribution in [0.3, 0.4) is 0 Å². The number of benzene rings is 2. The second kappa shape index (κ2) is 9.98. The summed E-state index contributed by atoms with van der Waals surface area (Å²) in [6.45, 7) is 4.69. The molecule has 0 heterocycles. The van der Waals surface area contributed by atoms with E-state index in [0.717, 1.165) is 18.4 Å². The van der Waals surface area contributed by atoms with Gasteiger partial charge >= 0.3 is 7.60 Å². The molecule has 136 valence electrons. The predicted molar refractivity (Wildman–Crippen MR) is 104 cm³/mol. The van der Waals surface area contributed by atoms with Crippen LogP contribution in [0.4, 0.5) is 5.69 Å². The number of halogens is 1. The lowest BCUT2D eigenvalue weighted by molar-refractivity contribution is 0.199. The van der Waals surface area contributed by atoms with E-state index in [4.69, 9.17) is 20.6 Å². The summed E-state index contributed by atoms with van der Waals surface area (Å²) in [7, 11) is -3.44. The minimum Gasteiger partial charge on any atom is -0.367 e. The van der Waals surface area contributed by atoms with E-state index in [2.05, 4.69) is 5.32 Å². The molecule has 0 saturated heterocycles. The van der Waals surface area contributed by atoms with E-state index in [1.54, 1.807) is 6.07 Å². The molecule has 0 amide bonds. The summed E-state index contributed by atoms with van der Waals surface area (Å²) < 4.78 is 25.1. The smallest absolute Gasteiger partial charge is 0.357 e. The molecule has 1 N–H and O–H groups in total. The largest absolute Gasteiger partial charge is 0.367 e. The molecule has 0 aliphatic rings. The third-order valence-electron chi connectivity index (χ3n) is 3.55. The van der Waals surface area contributed by atoms with E-state index < -0.39 is 13.4 Å². The highest BCUT2D eigenvalue weighted by Gasteiger charge is 2.37. The summed E-state index contributed by atoms with van der Waals surface area (Å²) >= 11 is 6.28. The monoisotopic (exact) mass is 381 g/mol. The van der Waals surface area contributed by atoms with Crippen LogP contribution in [-0.4, -0.2) is 13.2 Å². The Labute approximate surface area is 155 Å². The van der Waals surface area contributed by atoms with Gasteiger partial charge in [-0.15, -0.1) is 0 Å². The molecule has 2 aromatic carbocycles. The molecule has 0 aliphatic heterocycles. The molecule has 0 spiro atoms. The maximum absolute atomic E-state index is 13.6. The van der Waals surface area contributed by atoms with Gasteiger partial charge in [-0.3, -0.25) is 4.57 Å². The first-order valence-corrected chi connectivity index (χ1v) is 10.5. The molecule has 0 saturated carbocycles. The first-order valence-electron chi connectivity index (χ1n) is 8.55. The summed E-state index contributed by atoms with van der Waals surface area (Å²) in [5.74, 6) is -0.633. The first kappa shape index (κ1) is 20.0. The van der Waals surface area contributed by atoms with Crippen LogP contribution in [0.15, 0.2) is 54.6 Å². The highest BCUT2D eigenvalue weighted by molar-refractivity contribution is 7.54. The molecular formula is C19H25ClNO3P. The van der Waals surface area contributed by atoms with Crippen LogP contribution in [-0.2, 0) is 13.6 Å². The van der Waals surface area contributed by atoms with Gasteiger partial charge in [0.1, 0.15) is 0 Å². The van der Waals surface area contributed by atoms with Gasteiger partial charge in [-0.1, -0.05) is 67.9 Å². The van der Waals surface area contributed by atoms with Gasteiger partial charge in [-0.05, 0) is 30.5 Å². The van der Waals surface area contributed by atoms with Crippen molar-refractivity contribution >= 4 is 24.9 Å². The number of hydrogen-bond acceptors (Lipinski definition) is 4. The minimum absolute atomic E-state index is 0.370. The fourth-order valence-corrected chi connectivity index (χ4v) is 4.60. The van der Waals surface area contributed by atoms with E-state index >= 15 is 0 Å². The van der Waals surface area contributed by atoms with Gasteiger partial charge in [-0.25, -0.2) is 0 Å². The summed E-state index contributed by atoms with van der Waals surface area (Å²) in [5, 5.41) is 3.83. The van der Waals surface area contributed by atoms with Gasteiger partial charge in [-0.2, -0.15) is 0 Å². The number of rotatable bonds is 10. The van der Waals surface area contributed by atoms with Crippen LogP contribution in [0.1, 0.15) is 38.0 Å². The van der Waals surface area contributed by atoms with Crippen molar-refractivity contribution in [3.05, 3.63) is 65.2 Å². The number of para-hydroxylation sites is 1. The van der Waals surface area contributed by atoms with Crippen molar-refractivity contribution in [1.82, 2.24) is 0 Å². The summed E-state index contributed by atoms with van der Waals surface area (Å²) in [6, 6.07) is 16.9. The molecule has 4 nitrogen and oxygen atoms in total. The van der Waals surface area contributed by atoms with E-state index in [9.17, 15) is 4.57 Å². The SMILES string of the molecule is CCCOP(=O)(OCCC)[C@H](Nc1ccccc1Cl)c1ccccc1. The summed E-state index contributed by atoms with van der Waals surface area (Å²) in [6.07, 6.45) is 1.51. The molecule has 2 aromatic rings. The molecule has 1 atom stereocenters. The average molecular weight is 382 g/mol. The van der Waals surface area contributed by atoms with Crippen LogP contribution < -0.4 is 5.32 Å². The predicted octanol–water partition coefficient (Wildman–Crippen LogP) is 6.50. The molecule has 0 bridgehead atoms. The normalized spacial score (nSPS) is 12.8. The van der Waals surface area contributed by atoms with Crippen molar-refractivity contribution in [2.45, 2.75) is 32.5 Å². The van der Waals surface area contributed by atoms with Crippen LogP contribution in [0.2, 0.25) is 5.02 Å². The lowest BCUT2D eigenvalue weighted by Crippen LogP contribution is -2.16. The molecule has 2 rings (SSSR count). The van der Waals surface area contributed by atoms with Crippen molar-refractivity contribution < 1.29 is 13.6 Å². The summed E-state index contributed by atoms with van der Waals surface area (Å²) in [5.41, 5.74) is 1.52. The van der Waals surface area contributed by atoms with Crippen LogP contribution in [0.5, 0.6) is 0 Å². The highest BCUT2D eigenvalue weighted by Crippen LogP contribution is 2.61. The Morgan fingerprint density at radius 1 is 0.960 bits per heavy atom. The summed E-state index contributed by atoms with van der Waals surface area (Å²) in [4.78, 5) is 0. The Morgan fingerprint density at radius 3 is 2.08 bits per heavy atom. The quantitative estimate of drug-likeness (QED) is 0.477. The molecule has 0 aromatic heterocycles. The second-order valence-corrected chi connectivity index (χ2v) is 8.16. The fourth-order valence-electron chi connectivity index (χ4n) is 2.33. The van der Waals surface area contributed by atoms with Gasteiger partial charge < -0.3 is 14.4 Å². The topological polar surface area (TPSA) is 47.6 Å². The van der Waals surface area contributed by atoms with Crippen molar-refractivity contribution in [2.75, 3.05) is 18.5 Å². The molecule has 0 aliphatic carbocycles. The Bertz CT molecular complexity index is 684. The third-order valence-corrected chi connectivity index (χ3v) is 6.02. The van der Waals surface area contributed by atoms with Crippen LogP contribution in [0, 0.1) is 0 Å². The fraction of sp³-hybridized carbons (Fsp3) is 0.368. The molecule has 0 unspecified atom stereocenters. The Balaban J connectivity index is 2.41. The Morgan fingerprint density at radius 2 is 1.52 bits per heavy atom. The number of nitrogens with one attached hydrogen (secondary N) is 1. The lowest BCUT2D eigenvalue weighted by Gasteiger charge is -2.29. The van der Waals surface area contributed by atoms with Gasteiger partial charge in [0.25, 0.3) is 0 Å². The second-order valence-electron chi connectivity index (χ2n) is 5.64. The van der Waals surface area contributed by atoms with E-state index in [-0.39, 0.29) is 0 Å². The van der Waals surface area contributed by atoms with E-state index in [0.29, 0.717) is 23.9 Å². The number of anilines is 1. The van der Waals surface area contributed by atoms with Gasteiger partial charge in [0.05, 0.1) is 23.9 Å². The van der Waals surface area contributed by atoms with Gasteiger partial charge in [0.2, 0.25) is 0 Å². The van der Waals surface area contributed by atoms with E-state index in [1.807, 2.05) is 62.4 Å². The molecule has 6 heteroatoms.